The van der Waals surface area contributed by atoms with E-state index < -0.39 is 0 Å². The van der Waals surface area contributed by atoms with E-state index in [9.17, 15) is 0 Å². The Morgan fingerprint density at radius 3 is 2.53 bits per heavy atom. The average molecular weight is 201 g/mol. The molecule has 2 aromatic rings. The van der Waals surface area contributed by atoms with E-state index in [1.54, 1.807) is 6.33 Å². The van der Waals surface area contributed by atoms with Gasteiger partial charge in [-0.2, -0.15) is 0 Å². The maximum atomic E-state index is 4.07. The average Bonchev–Trinajstić information content (AvgIpc) is 2.88. The van der Waals surface area contributed by atoms with Crippen LogP contribution < -0.4 is 5.32 Å². The fraction of sp³-hybridized carbons (Fsp3) is 0.333. The molecule has 1 N–H and O–H groups in total. The van der Waals surface area contributed by atoms with E-state index in [0.29, 0.717) is 0 Å². The lowest BCUT2D eigenvalue weighted by molar-refractivity contribution is 0.857. The minimum atomic E-state index is 0.998. The monoisotopic (exact) mass is 201 g/mol. The third kappa shape index (κ3) is 2.99. The first-order valence-corrected chi connectivity index (χ1v) is 5.32. The highest BCUT2D eigenvalue weighted by Gasteiger charge is 1.93. The molecule has 78 valence electrons. The third-order valence-electron chi connectivity index (χ3n) is 2.37. The number of aromatic nitrogens is 2. The quantitative estimate of drug-likeness (QED) is 0.708. The Hall–Kier alpha value is -1.48. The second-order valence-corrected chi connectivity index (χ2v) is 3.54. The van der Waals surface area contributed by atoms with Crippen LogP contribution in [-0.4, -0.2) is 23.1 Å². The van der Waals surface area contributed by atoms with Crippen LogP contribution in [0.4, 0.5) is 0 Å². The Balaban J connectivity index is 0.000000144. The zero-order valence-electron chi connectivity index (χ0n) is 8.69. The second kappa shape index (κ2) is 5.41. The number of fused-ring (bicyclic) bond motifs is 1. The molecular weight excluding hydrogens is 186 g/mol. The molecule has 0 amide bonds. The number of benzene rings is 1. The van der Waals surface area contributed by atoms with Crippen molar-refractivity contribution in [1.82, 2.24) is 15.3 Å². The van der Waals surface area contributed by atoms with Gasteiger partial charge in [-0.3, -0.25) is 0 Å². The first-order chi connectivity index (χ1) is 7.47. The molecule has 15 heavy (non-hydrogen) atoms. The SMILES string of the molecule is C1CCNC1.c1ccc2ncncc2c1. The van der Waals surface area contributed by atoms with E-state index >= 15 is 0 Å². The van der Waals surface area contributed by atoms with E-state index in [4.69, 9.17) is 0 Å². The van der Waals surface area contributed by atoms with Crippen LogP contribution in [0.25, 0.3) is 10.9 Å². The van der Waals surface area contributed by atoms with Gasteiger partial charge in [0.2, 0.25) is 0 Å². The van der Waals surface area contributed by atoms with E-state index in [1.165, 1.54) is 25.9 Å². The summed E-state index contributed by atoms with van der Waals surface area (Å²) in [4.78, 5) is 7.97. The Kier molecular flexibility index (Phi) is 3.63. The van der Waals surface area contributed by atoms with Crippen LogP contribution in [-0.2, 0) is 0 Å². The molecule has 0 atom stereocenters. The molecule has 1 aromatic heterocycles. The number of nitrogens with one attached hydrogen (secondary N) is 1. The van der Waals surface area contributed by atoms with E-state index in [1.807, 2.05) is 30.5 Å². The molecule has 1 aliphatic heterocycles. The fourth-order valence-corrected chi connectivity index (χ4v) is 1.55. The van der Waals surface area contributed by atoms with Crippen molar-refractivity contribution >= 4 is 10.9 Å². The van der Waals surface area contributed by atoms with Gasteiger partial charge in [0, 0.05) is 11.6 Å². The summed E-state index contributed by atoms with van der Waals surface area (Å²) < 4.78 is 0. The number of nitrogens with zero attached hydrogens (tertiary/aromatic N) is 2. The van der Waals surface area contributed by atoms with Crippen molar-refractivity contribution in [2.75, 3.05) is 13.1 Å². The summed E-state index contributed by atoms with van der Waals surface area (Å²) in [6, 6.07) is 7.91. The van der Waals surface area contributed by atoms with Crippen molar-refractivity contribution in [3.05, 3.63) is 36.8 Å². The van der Waals surface area contributed by atoms with Crippen molar-refractivity contribution in [2.24, 2.45) is 0 Å². The maximum absolute atomic E-state index is 4.07. The molecule has 0 aliphatic carbocycles. The largest absolute Gasteiger partial charge is 0.317 e. The zero-order valence-corrected chi connectivity index (χ0v) is 8.69. The van der Waals surface area contributed by atoms with Crippen LogP contribution >= 0.6 is 0 Å². The summed E-state index contributed by atoms with van der Waals surface area (Å²) in [5, 5.41) is 4.31. The normalized spacial score (nSPS) is 14.7. The molecule has 1 aliphatic rings. The molecule has 3 nitrogen and oxygen atoms in total. The third-order valence-corrected chi connectivity index (χ3v) is 2.37. The predicted molar refractivity (Wildman–Crippen MR) is 61.6 cm³/mol. The van der Waals surface area contributed by atoms with Crippen LogP contribution in [0.15, 0.2) is 36.8 Å². The lowest BCUT2D eigenvalue weighted by Gasteiger charge is -1.90. The van der Waals surface area contributed by atoms with Gasteiger partial charge in [-0.05, 0) is 32.0 Å². The van der Waals surface area contributed by atoms with Gasteiger partial charge in [0.05, 0.1) is 5.52 Å². The van der Waals surface area contributed by atoms with Gasteiger partial charge in [0.1, 0.15) is 6.33 Å². The second-order valence-electron chi connectivity index (χ2n) is 3.54. The summed E-state index contributed by atoms with van der Waals surface area (Å²) in [7, 11) is 0. The summed E-state index contributed by atoms with van der Waals surface area (Å²) in [6.45, 7) is 2.50. The lowest BCUT2D eigenvalue weighted by atomic mass is 10.2. The summed E-state index contributed by atoms with van der Waals surface area (Å²) in [5.41, 5.74) is 0.998. The fourth-order valence-electron chi connectivity index (χ4n) is 1.55. The molecule has 0 bridgehead atoms. The highest BCUT2D eigenvalue weighted by molar-refractivity contribution is 5.76. The van der Waals surface area contributed by atoms with Crippen LogP contribution in [0.1, 0.15) is 12.8 Å². The van der Waals surface area contributed by atoms with E-state index in [0.717, 1.165) is 10.9 Å². The molecule has 1 aromatic carbocycles. The Labute approximate surface area is 89.6 Å². The molecule has 0 unspecified atom stereocenters. The Bertz CT molecular complexity index is 337. The van der Waals surface area contributed by atoms with Crippen molar-refractivity contribution in [1.29, 1.82) is 0 Å². The predicted octanol–water partition coefficient (Wildman–Crippen LogP) is 2.00. The highest BCUT2D eigenvalue weighted by atomic mass is 14.9. The maximum Gasteiger partial charge on any atom is 0.116 e. The molecule has 1 fully saturated rings. The number of rotatable bonds is 0. The summed E-state index contributed by atoms with van der Waals surface area (Å²) >= 11 is 0. The van der Waals surface area contributed by atoms with Crippen LogP contribution in [0.5, 0.6) is 0 Å². The van der Waals surface area contributed by atoms with Gasteiger partial charge in [-0.15, -0.1) is 0 Å². The molecular formula is C12H15N3. The standard InChI is InChI=1S/C8H6N2.C4H9N/c1-2-4-8-7(3-1)5-9-6-10-8;1-2-4-5-3-1/h1-6H;5H,1-4H2. The minimum absolute atomic E-state index is 0.998. The minimum Gasteiger partial charge on any atom is -0.317 e. The molecule has 3 heteroatoms. The summed E-state index contributed by atoms with van der Waals surface area (Å²) in [6.07, 6.45) is 6.14. The Morgan fingerprint density at radius 2 is 1.87 bits per heavy atom. The van der Waals surface area contributed by atoms with Crippen molar-refractivity contribution in [2.45, 2.75) is 12.8 Å². The van der Waals surface area contributed by atoms with Gasteiger partial charge < -0.3 is 5.32 Å². The lowest BCUT2D eigenvalue weighted by Crippen LogP contribution is -2.03. The molecule has 1 saturated heterocycles. The first kappa shape index (κ1) is 10.1. The molecule has 0 spiro atoms. The Morgan fingerprint density at radius 1 is 1.07 bits per heavy atom. The van der Waals surface area contributed by atoms with Gasteiger partial charge in [0.15, 0.2) is 0 Å². The number of hydrogen-bond donors (Lipinski definition) is 1. The van der Waals surface area contributed by atoms with Gasteiger partial charge in [0.25, 0.3) is 0 Å². The van der Waals surface area contributed by atoms with Crippen molar-refractivity contribution in [3.8, 4) is 0 Å². The summed E-state index contributed by atoms with van der Waals surface area (Å²) in [5.74, 6) is 0. The van der Waals surface area contributed by atoms with Gasteiger partial charge in [-0.25, -0.2) is 9.97 Å². The van der Waals surface area contributed by atoms with Crippen LogP contribution in [0.2, 0.25) is 0 Å². The van der Waals surface area contributed by atoms with Crippen molar-refractivity contribution in [3.63, 3.8) is 0 Å². The van der Waals surface area contributed by atoms with Gasteiger partial charge >= 0.3 is 0 Å². The number of para-hydroxylation sites is 1. The topological polar surface area (TPSA) is 37.8 Å². The van der Waals surface area contributed by atoms with E-state index in [-0.39, 0.29) is 0 Å². The van der Waals surface area contributed by atoms with Crippen LogP contribution in [0, 0.1) is 0 Å². The highest BCUT2D eigenvalue weighted by Crippen LogP contribution is 2.06. The molecule has 0 radical (unpaired) electrons. The molecule has 2 heterocycles. The zero-order chi connectivity index (χ0) is 10.3. The molecule has 0 saturated carbocycles. The smallest absolute Gasteiger partial charge is 0.116 e. The van der Waals surface area contributed by atoms with Gasteiger partial charge in [-0.1, -0.05) is 18.2 Å². The van der Waals surface area contributed by atoms with E-state index in [2.05, 4.69) is 15.3 Å². The van der Waals surface area contributed by atoms with Crippen LogP contribution in [0.3, 0.4) is 0 Å². The molecule has 3 rings (SSSR count). The number of hydrogen-bond acceptors (Lipinski definition) is 3. The van der Waals surface area contributed by atoms with Crippen molar-refractivity contribution < 1.29 is 0 Å². The first-order valence-electron chi connectivity index (χ1n) is 5.32.